The predicted octanol–water partition coefficient (Wildman–Crippen LogP) is 12.0. The van der Waals surface area contributed by atoms with Gasteiger partial charge in [0.05, 0.1) is 5.70 Å². The number of rotatable bonds is 8. The van der Waals surface area contributed by atoms with Crippen molar-refractivity contribution >= 4 is 40.9 Å². The van der Waals surface area contributed by atoms with E-state index in [0.29, 0.717) is 0 Å². The van der Waals surface area contributed by atoms with E-state index >= 15 is 0 Å². The second-order valence-electron chi connectivity index (χ2n) is 12.4. The van der Waals surface area contributed by atoms with E-state index in [2.05, 4.69) is 147 Å². The first-order valence-corrected chi connectivity index (χ1v) is 17.9. The van der Waals surface area contributed by atoms with Crippen LogP contribution in [0, 0.1) is 0 Å². The molecule has 2 heteroatoms. The molecule has 254 valence electrons. The lowest BCUT2D eigenvalue weighted by atomic mass is 9.88. The third-order valence-corrected chi connectivity index (χ3v) is 9.16. The molecule has 7 aromatic rings. The van der Waals surface area contributed by atoms with Crippen molar-refractivity contribution in [3.63, 3.8) is 0 Å². The molecular formula is C50H44N2. The fourth-order valence-electron chi connectivity index (χ4n) is 6.61. The predicted molar refractivity (Wildman–Crippen MR) is 227 cm³/mol. The lowest BCUT2D eigenvalue weighted by molar-refractivity contribution is 1.36. The molecule has 0 bridgehead atoms. The third kappa shape index (κ3) is 7.52. The summed E-state index contributed by atoms with van der Waals surface area (Å²) in [4.78, 5) is 9.59. The molecule has 0 fully saturated rings. The van der Waals surface area contributed by atoms with E-state index in [9.17, 15) is 0 Å². The highest BCUT2D eigenvalue weighted by molar-refractivity contribution is 6.02. The molecule has 0 aliphatic carbocycles. The lowest BCUT2D eigenvalue weighted by Crippen LogP contribution is -2.25. The van der Waals surface area contributed by atoms with Crippen LogP contribution >= 0.6 is 0 Å². The molecule has 0 spiro atoms. The summed E-state index contributed by atoms with van der Waals surface area (Å²) in [6, 6.07) is 49.2. The number of aliphatic imine (C=N–C) groups is 1. The van der Waals surface area contributed by atoms with Crippen molar-refractivity contribution in [1.29, 1.82) is 0 Å². The minimum atomic E-state index is 0.902. The van der Waals surface area contributed by atoms with Gasteiger partial charge >= 0.3 is 0 Å². The molecule has 0 aliphatic rings. The van der Waals surface area contributed by atoms with Crippen molar-refractivity contribution in [2.24, 2.45) is 4.99 Å². The molecule has 1 heterocycles. The van der Waals surface area contributed by atoms with E-state index in [-0.39, 0.29) is 0 Å². The van der Waals surface area contributed by atoms with E-state index in [0.717, 1.165) is 77.3 Å². The topological polar surface area (TPSA) is 25.2 Å². The zero-order valence-electron chi connectivity index (χ0n) is 30.5. The van der Waals surface area contributed by atoms with E-state index < -0.39 is 0 Å². The second kappa shape index (κ2) is 16.6. The number of benzene rings is 6. The van der Waals surface area contributed by atoms with Crippen molar-refractivity contribution in [2.45, 2.75) is 27.7 Å². The van der Waals surface area contributed by atoms with E-state index in [1.807, 2.05) is 68.7 Å². The zero-order valence-corrected chi connectivity index (χ0v) is 30.5. The number of pyridine rings is 1. The quantitative estimate of drug-likeness (QED) is 0.148. The number of hydrogen-bond acceptors (Lipinski definition) is 2. The van der Waals surface area contributed by atoms with Crippen LogP contribution in [0.3, 0.4) is 0 Å². The van der Waals surface area contributed by atoms with Crippen LogP contribution < -0.4 is 10.4 Å². The Bertz CT molecular complexity index is 2510. The fraction of sp³-hybridized carbons (Fsp3) is 0.0800. The van der Waals surface area contributed by atoms with Crippen LogP contribution in [0.15, 0.2) is 170 Å². The summed E-state index contributed by atoms with van der Waals surface area (Å²) < 4.78 is 0. The van der Waals surface area contributed by atoms with E-state index in [1.54, 1.807) is 0 Å². The molecule has 0 saturated heterocycles. The SMILES string of the molecule is C=Cc1cccc(-c2cc(-c3ccc(/C(N=C(C)c4ccccc4)=c4\ccccc4=C)cc3)cc(-c3cccc4cnccc34)c2)c1/C=C\C.CC. The Morgan fingerprint density at radius 2 is 1.33 bits per heavy atom. The number of nitrogens with zero attached hydrogens (tertiary/aromatic N) is 2. The molecule has 0 aliphatic heterocycles. The smallest absolute Gasteiger partial charge is 0.0783 e. The van der Waals surface area contributed by atoms with Gasteiger partial charge < -0.3 is 0 Å². The molecule has 6 aromatic carbocycles. The van der Waals surface area contributed by atoms with Gasteiger partial charge in [-0.15, -0.1) is 0 Å². The normalized spacial score (nSPS) is 12.0. The number of allylic oxidation sites excluding steroid dienone is 1. The Labute approximate surface area is 308 Å². The van der Waals surface area contributed by atoms with Crippen LogP contribution in [0.2, 0.25) is 0 Å². The van der Waals surface area contributed by atoms with Gasteiger partial charge in [0.2, 0.25) is 0 Å². The molecule has 1 aromatic heterocycles. The van der Waals surface area contributed by atoms with Crippen LogP contribution in [0.1, 0.15) is 49.9 Å². The Balaban J connectivity index is 0.00000228. The molecule has 52 heavy (non-hydrogen) atoms. The highest BCUT2D eigenvalue weighted by atomic mass is 14.8. The van der Waals surface area contributed by atoms with Crippen LogP contribution in [0.4, 0.5) is 0 Å². The van der Waals surface area contributed by atoms with Crippen molar-refractivity contribution in [2.75, 3.05) is 0 Å². The maximum Gasteiger partial charge on any atom is 0.0783 e. The van der Waals surface area contributed by atoms with Crippen molar-refractivity contribution in [3.8, 4) is 33.4 Å². The molecule has 0 amide bonds. The summed E-state index contributed by atoms with van der Waals surface area (Å²) in [5, 5.41) is 4.25. The van der Waals surface area contributed by atoms with Gasteiger partial charge in [-0.1, -0.05) is 160 Å². The lowest BCUT2D eigenvalue weighted by Gasteiger charge is -2.16. The highest BCUT2D eigenvalue weighted by Gasteiger charge is 2.14. The average Bonchev–Trinajstić information content (AvgIpc) is 3.21. The summed E-state index contributed by atoms with van der Waals surface area (Å²) >= 11 is 0. The minimum Gasteiger partial charge on any atom is -0.264 e. The molecular weight excluding hydrogens is 629 g/mol. The summed E-state index contributed by atoms with van der Waals surface area (Å²) in [6.07, 6.45) is 9.99. The summed E-state index contributed by atoms with van der Waals surface area (Å²) in [5.41, 5.74) is 13.1. The first kappa shape index (κ1) is 35.4. The maximum atomic E-state index is 5.20. The molecule has 0 unspecified atom stereocenters. The van der Waals surface area contributed by atoms with Gasteiger partial charge in [-0.3, -0.25) is 9.98 Å². The molecule has 0 N–H and O–H groups in total. The van der Waals surface area contributed by atoms with Gasteiger partial charge in [-0.2, -0.15) is 0 Å². The average molecular weight is 673 g/mol. The van der Waals surface area contributed by atoms with Crippen molar-refractivity contribution < 1.29 is 0 Å². The Morgan fingerprint density at radius 3 is 2.06 bits per heavy atom. The summed E-state index contributed by atoms with van der Waals surface area (Å²) in [7, 11) is 0. The molecule has 7 rings (SSSR count). The fourth-order valence-corrected chi connectivity index (χ4v) is 6.61. The van der Waals surface area contributed by atoms with Gasteiger partial charge in [0.25, 0.3) is 0 Å². The largest absolute Gasteiger partial charge is 0.264 e. The first-order chi connectivity index (χ1) is 25.5. The van der Waals surface area contributed by atoms with E-state index in [4.69, 9.17) is 4.99 Å². The third-order valence-electron chi connectivity index (χ3n) is 9.16. The van der Waals surface area contributed by atoms with E-state index in [1.165, 1.54) is 10.9 Å². The summed E-state index contributed by atoms with van der Waals surface area (Å²) in [6.45, 7) is 16.6. The minimum absolute atomic E-state index is 0.902. The summed E-state index contributed by atoms with van der Waals surface area (Å²) in [5.74, 6) is 0. The molecule has 0 saturated carbocycles. The second-order valence-corrected chi connectivity index (χ2v) is 12.4. The number of fused-ring (bicyclic) bond motifs is 1. The molecule has 2 nitrogen and oxygen atoms in total. The van der Waals surface area contributed by atoms with Gasteiger partial charge in [-0.25, -0.2) is 0 Å². The number of aromatic nitrogens is 1. The monoisotopic (exact) mass is 672 g/mol. The maximum absolute atomic E-state index is 5.20. The van der Waals surface area contributed by atoms with Gasteiger partial charge in [0.15, 0.2) is 0 Å². The first-order valence-electron chi connectivity index (χ1n) is 17.9. The highest BCUT2D eigenvalue weighted by Crippen LogP contribution is 2.38. The van der Waals surface area contributed by atoms with Gasteiger partial charge in [0, 0.05) is 34.3 Å². The van der Waals surface area contributed by atoms with Crippen LogP contribution in [0.25, 0.3) is 68.6 Å². The Morgan fingerprint density at radius 1 is 0.654 bits per heavy atom. The van der Waals surface area contributed by atoms with Crippen molar-refractivity contribution in [1.82, 2.24) is 4.98 Å². The standard InChI is InChI=1S/C48H38N2.C2H6/c1-5-14-44-35(6-2)18-12-21-45(44)41-29-40(30-42(31-41)46-22-13-19-39-32-49-28-27-47(39)46)37-23-25-38(26-24-37)48(43-20-11-10-15-33(43)3)50-34(4)36-16-8-7-9-17-36;1-2/h5-32H,2-3H2,1,4H3;1-2H3/b14-5-,48-43-,50-34?;. The Kier molecular flexibility index (Phi) is 11.3. The Hall–Kier alpha value is -6.38. The van der Waals surface area contributed by atoms with Gasteiger partial charge in [-0.05, 0) is 98.8 Å². The molecule has 0 radical (unpaired) electrons. The van der Waals surface area contributed by atoms with Crippen LogP contribution in [-0.2, 0) is 0 Å². The van der Waals surface area contributed by atoms with Crippen LogP contribution in [-0.4, -0.2) is 10.7 Å². The number of hydrogen-bond donors (Lipinski definition) is 0. The van der Waals surface area contributed by atoms with Crippen LogP contribution in [0.5, 0.6) is 0 Å². The zero-order chi connectivity index (χ0) is 36.5. The molecule has 0 atom stereocenters. The van der Waals surface area contributed by atoms with Gasteiger partial charge in [0.1, 0.15) is 0 Å². The van der Waals surface area contributed by atoms with Crippen molar-refractivity contribution in [3.05, 3.63) is 197 Å².